The van der Waals surface area contributed by atoms with E-state index in [1.165, 1.54) is 6.92 Å². The standard InChI is InChI=1S/C70H74O17/c1-46(71)80-64-60(75-40-49-28-14-5-15-29-49)57(74-39-48-26-12-4-13-27-48)54(43-73-38-47-24-10-3-11-25-47)82-69(64)87-65-62(77-42-51-32-18-7-19-33-51)59-56(45-79-67(85-59)53-36-22-9-23-37-53)83-70(65)86-63-61(76-41-50-30-16-6-17-31-50)58-55(81-68(63)72-2)44-78-66(84-58)52-34-20-8-21-35-52/h3-37,54-70H,38-45H2,1-2H3/t54-,55-,56-,57-,58-,59-,60+,61+,62+,63+,64-,65+,66-,67-,68+,69+,70+/m1/s1. The summed E-state index contributed by atoms with van der Waals surface area (Å²) in [7, 11) is 1.54. The van der Waals surface area contributed by atoms with E-state index < -0.39 is 111 Å². The minimum absolute atomic E-state index is 0.0107. The number of rotatable bonds is 24. The summed E-state index contributed by atoms with van der Waals surface area (Å²) < 4.78 is 110. The molecular weight excluding hydrogens is 1110 g/mol. The summed E-state index contributed by atoms with van der Waals surface area (Å²) in [6.45, 7) is 2.42. The molecule has 5 saturated heterocycles. The Kier molecular flexibility index (Phi) is 21.0. The first-order valence-corrected chi connectivity index (χ1v) is 29.8. The maximum Gasteiger partial charge on any atom is 0.303 e. The van der Waals surface area contributed by atoms with Crippen LogP contribution in [0.1, 0.15) is 58.4 Å². The second-order valence-corrected chi connectivity index (χ2v) is 22.0. The predicted molar refractivity (Wildman–Crippen MR) is 314 cm³/mol. The number of fused-ring (bicyclic) bond motifs is 2. The first-order chi connectivity index (χ1) is 42.9. The van der Waals surface area contributed by atoms with Crippen molar-refractivity contribution in [3.63, 3.8) is 0 Å². The molecule has 0 spiro atoms. The fourth-order valence-corrected chi connectivity index (χ4v) is 11.7. The average Bonchev–Trinajstić information content (AvgIpc) is 1.03. The van der Waals surface area contributed by atoms with Gasteiger partial charge in [-0.3, -0.25) is 4.79 Å². The van der Waals surface area contributed by atoms with Crippen LogP contribution in [-0.2, 0) is 114 Å². The van der Waals surface area contributed by atoms with Crippen LogP contribution in [-0.4, -0.2) is 125 Å². The van der Waals surface area contributed by atoms with Gasteiger partial charge in [0.25, 0.3) is 0 Å². The van der Waals surface area contributed by atoms with Crippen LogP contribution >= 0.6 is 0 Å². The molecule has 0 aromatic heterocycles. The van der Waals surface area contributed by atoms with Gasteiger partial charge in [0.2, 0.25) is 0 Å². The molecule has 0 saturated carbocycles. The van der Waals surface area contributed by atoms with E-state index in [-0.39, 0.29) is 52.9 Å². The number of benzene rings is 7. The van der Waals surface area contributed by atoms with Gasteiger partial charge < -0.3 is 75.8 Å². The highest BCUT2D eigenvalue weighted by molar-refractivity contribution is 5.66. The molecule has 5 heterocycles. The molecular formula is C70H74O17. The van der Waals surface area contributed by atoms with Crippen LogP contribution in [0.15, 0.2) is 212 Å². The van der Waals surface area contributed by atoms with E-state index in [0.29, 0.717) is 0 Å². The summed E-state index contributed by atoms with van der Waals surface area (Å²) in [6, 6.07) is 68.4. The number of carbonyl (C=O) groups is 1. The topological polar surface area (TPSA) is 165 Å². The summed E-state index contributed by atoms with van der Waals surface area (Å²) in [5, 5.41) is 0. The van der Waals surface area contributed by atoms with Gasteiger partial charge in [-0.15, -0.1) is 0 Å². The molecule has 5 fully saturated rings. The van der Waals surface area contributed by atoms with Gasteiger partial charge in [0, 0.05) is 25.2 Å². The van der Waals surface area contributed by atoms with Crippen LogP contribution in [0.25, 0.3) is 0 Å². The average molecular weight is 1190 g/mol. The first-order valence-electron chi connectivity index (χ1n) is 29.8. The van der Waals surface area contributed by atoms with E-state index in [9.17, 15) is 4.79 Å². The molecule has 5 aliphatic rings. The summed E-state index contributed by atoms with van der Waals surface area (Å²) >= 11 is 0. The van der Waals surface area contributed by atoms with Crippen LogP contribution in [0.2, 0.25) is 0 Å². The van der Waals surface area contributed by atoms with Crippen molar-refractivity contribution in [3.05, 3.63) is 251 Å². The van der Waals surface area contributed by atoms with Crippen molar-refractivity contribution < 1.29 is 80.6 Å². The Morgan fingerprint density at radius 1 is 0.391 bits per heavy atom. The lowest BCUT2D eigenvalue weighted by atomic mass is 9.94. The maximum atomic E-state index is 13.7. The maximum absolute atomic E-state index is 13.7. The molecule has 5 aliphatic heterocycles. The molecule has 7 aromatic rings. The van der Waals surface area contributed by atoms with E-state index in [0.717, 1.165) is 38.9 Å². The largest absolute Gasteiger partial charge is 0.454 e. The molecule has 17 atom stereocenters. The Labute approximate surface area is 507 Å². The van der Waals surface area contributed by atoms with Gasteiger partial charge in [-0.05, 0) is 27.8 Å². The quantitative estimate of drug-likeness (QED) is 0.0524. The molecule has 0 amide bonds. The molecule has 0 unspecified atom stereocenters. The van der Waals surface area contributed by atoms with Crippen LogP contribution < -0.4 is 0 Å². The third-order valence-corrected chi connectivity index (χ3v) is 16.0. The van der Waals surface area contributed by atoms with Crippen molar-refractivity contribution in [1.82, 2.24) is 0 Å². The Morgan fingerprint density at radius 2 is 0.747 bits per heavy atom. The molecule has 456 valence electrons. The molecule has 12 rings (SSSR count). The van der Waals surface area contributed by atoms with Gasteiger partial charge in [0.1, 0.15) is 67.1 Å². The Morgan fingerprint density at radius 3 is 1.16 bits per heavy atom. The molecule has 0 aliphatic carbocycles. The van der Waals surface area contributed by atoms with Gasteiger partial charge in [0.15, 0.2) is 37.6 Å². The van der Waals surface area contributed by atoms with Gasteiger partial charge >= 0.3 is 5.97 Å². The zero-order valence-corrected chi connectivity index (χ0v) is 48.6. The number of ether oxygens (including phenoxy) is 16. The third-order valence-electron chi connectivity index (χ3n) is 16.0. The van der Waals surface area contributed by atoms with Gasteiger partial charge in [-0.2, -0.15) is 0 Å². The van der Waals surface area contributed by atoms with Crippen molar-refractivity contribution >= 4 is 5.97 Å². The summed E-state index contributed by atoms with van der Waals surface area (Å²) in [4.78, 5) is 13.7. The van der Waals surface area contributed by atoms with Crippen molar-refractivity contribution in [2.24, 2.45) is 0 Å². The molecule has 17 heteroatoms. The number of hydrogen-bond donors (Lipinski definition) is 0. The number of carbonyl (C=O) groups excluding carboxylic acids is 1. The zero-order chi connectivity index (χ0) is 59.2. The van der Waals surface area contributed by atoms with E-state index in [1.54, 1.807) is 7.11 Å². The Bertz CT molecular complexity index is 3140. The van der Waals surface area contributed by atoms with Crippen molar-refractivity contribution in [2.75, 3.05) is 26.9 Å². The summed E-state index contributed by atoms with van der Waals surface area (Å²) in [5.74, 6) is -0.616. The second kappa shape index (κ2) is 30.1. The normalized spacial score (nSPS) is 30.6. The van der Waals surface area contributed by atoms with Crippen LogP contribution in [0, 0.1) is 0 Å². The van der Waals surface area contributed by atoms with Crippen molar-refractivity contribution in [2.45, 2.75) is 145 Å². The van der Waals surface area contributed by atoms with E-state index in [4.69, 9.17) is 75.8 Å². The SMILES string of the molecule is CO[C@H]1O[C@@H]2CO[C@@H](c3ccccc3)O[C@H]2[C@H](OCc2ccccc2)[C@@H]1O[C@@H]1O[C@@H]2CO[C@@H](c3ccccc3)O[C@H]2[C@H](OCc2ccccc2)[C@@H]1O[C@@H]1O[C@H](COCc2ccccc2)[C@@H](OCc2ccccc2)[C@H](OCc2ccccc2)[C@H]1OC(C)=O. The fraction of sp³-hybridized carbons (Fsp3) is 0.386. The van der Waals surface area contributed by atoms with Crippen molar-refractivity contribution in [3.8, 4) is 0 Å². The monoisotopic (exact) mass is 1190 g/mol. The molecule has 0 radical (unpaired) electrons. The van der Waals surface area contributed by atoms with Gasteiger partial charge in [0.05, 0.1) is 52.9 Å². The molecule has 0 N–H and O–H groups in total. The lowest BCUT2D eigenvalue weighted by Crippen LogP contribution is -2.69. The number of esters is 1. The minimum atomic E-state index is -1.43. The second-order valence-electron chi connectivity index (χ2n) is 22.0. The van der Waals surface area contributed by atoms with Crippen LogP contribution in [0.4, 0.5) is 0 Å². The molecule has 7 aromatic carbocycles. The first kappa shape index (κ1) is 60.7. The predicted octanol–water partition coefficient (Wildman–Crippen LogP) is 10.3. The highest BCUT2D eigenvalue weighted by atomic mass is 16.8. The van der Waals surface area contributed by atoms with Crippen molar-refractivity contribution in [1.29, 1.82) is 0 Å². The Balaban J connectivity index is 0.951. The van der Waals surface area contributed by atoms with Crippen LogP contribution in [0.3, 0.4) is 0 Å². The van der Waals surface area contributed by atoms with E-state index >= 15 is 0 Å². The van der Waals surface area contributed by atoms with E-state index in [2.05, 4.69) is 0 Å². The summed E-state index contributed by atoms with van der Waals surface area (Å²) in [6.07, 6.45) is -16.8. The molecule has 87 heavy (non-hydrogen) atoms. The van der Waals surface area contributed by atoms with Gasteiger partial charge in [-0.1, -0.05) is 212 Å². The number of hydrogen-bond acceptors (Lipinski definition) is 17. The zero-order valence-electron chi connectivity index (χ0n) is 48.6. The molecule has 17 nitrogen and oxygen atoms in total. The highest BCUT2D eigenvalue weighted by Crippen LogP contribution is 2.43. The van der Waals surface area contributed by atoms with E-state index in [1.807, 2.05) is 212 Å². The minimum Gasteiger partial charge on any atom is -0.454 e. The highest BCUT2D eigenvalue weighted by Gasteiger charge is 2.59. The fourth-order valence-electron chi connectivity index (χ4n) is 11.7. The number of methoxy groups -OCH3 is 1. The Hall–Kier alpha value is -6.59. The van der Waals surface area contributed by atoms with Gasteiger partial charge in [-0.25, -0.2) is 0 Å². The lowest BCUT2D eigenvalue weighted by molar-refractivity contribution is -0.424. The lowest BCUT2D eigenvalue weighted by Gasteiger charge is -2.53. The molecule has 0 bridgehead atoms. The summed E-state index contributed by atoms with van der Waals surface area (Å²) in [5.41, 5.74) is 6.14. The third kappa shape index (κ3) is 15.5. The smallest absolute Gasteiger partial charge is 0.303 e. The van der Waals surface area contributed by atoms with Crippen LogP contribution in [0.5, 0.6) is 0 Å².